The number of hydrogen-bond acceptors (Lipinski definition) is 6. The van der Waals surface area contributed by atoms with Gasteiger partial charge in [0, 0.05) is 41.2 Å². The SMILES string of the molecule is CC(=O)Cc1cc(CCc2cnc(CC(=O)Cc3cc(C(C)(C)C)nn3-c3ccc(F)cc3)s2)ccn1. The van der Waals surface area contributed by atoms with Crippen LogP contribution in [0.2, 0.25) is 0 Å². The highest BCUT2D eigenvalue weighted by Gasteiger charge is 2.22. The first-order valence-electron chi connectivity index (χ1n) is 12.3. The van der Waals surface area contributed by atoms with Crippen molar-refractivity contribution in [2.75, 3.05) is 0 Å². The molecule has 0 unspecified atom stereocenters. The van der Waals surface area contributed by atoms with E-state index in [0.717, 1.165) is 51.1 Å². The maximum atomic E-state index is 13.5. The van der Waals surface area contributed by atoms with Gasteiger partial charge in [-0.3, -0.25) is 14.6 Å². The zero-order valence-electron chi connectivity index (χ0n) is 21.6. The lowest BCUT2D eigenvalue weighted by molar-refractivity contribution is -0.118. The Bertz CT molecular complexity index is 1400. The molecular formula is C29H31FN4O2S. The molecule has 3 aromatic heterocycles. The van der Waals surface area contributed by atoms with Crippen molar-refractivity contribution >= 4 is 22.9 Å². The predicted octanol–water partition coefficient (Wildman–Crippen LogP) is 5.43. The number of thiazole rings is 1. The van der Waals surface area contributed by atoms with Crippen LogP contribution in [0.4, 0.5) is 4.39 Å². The van der Waals surface area contributed by atoms with E-state index in [9.17, 15) is 14.0 Å². The fraction of sp³-hybridized carbons (Fsp3) is 0.345. The molecule has 0 N–H and O–H groups in total. The van der Waals surface area contributed by atoms with Gasteiger partial charge in [0.05, 0.1) is 23.5 Å². The summed E-state index contributed by atoms with van der Waals surface area (Å²) in [6.45, 7) is 7.78. The molecule has 0 fully saturated rings. The molecule has 0 aliphatic heterocycles. The highest BCUT2D eigenvalue weighted by Crippen LogP contribution is 2.25. The van der Waals surface area contributed by atoms with Gasteiger partial charge in [0.1, 0.15) is 22.4 Å². The van der Waals surface area contributed by atoms with Crippen LogP contribution in [-0.4, -0.2) is 31.3 Å². The molecule has 37 heavy (non-hydrogen) atoms. The minimum atomic E-state index is -0.315. The van der Waals surface area contributed by atoms with Crippen LogP contribution in [0.25, 0.3) is 5.69 Å². The Morgan fingerprint density at radius 1 is 0.973 bits per heavy atom. The van der Waals surface area contributed by atoms with E-state index >= 15 is 0 Å². The molecular weight excluding hydrogens is 487 g/mol. The number of benzene rings is 1. The number of carbonyl (C=O) groups is 2. The number of hydrogen-bond donors (Lipinski definition) is 0. The van der Waals surface area contributed by atoms with Gasteiger partial charge >= 0.3 is 0 Å². The summed E-state index contributed by atoms with van der Waals surface area (Å²) < 4.78 is 15.2. The van der Waals surface area contributed by atoms with Gasteiger partial charge in [-0.05, 0) is 67.8 Å². The van der Waals surface area contributed by atoms with E-state index in [-0.39, 0.29) is 35.6 Å². The third-order valence-corrected chi connectivity index (χ3v) is 6.98. The molecule has 4 rings (SSSR count). The molecule has 6 nitrogen and oxygen atoms in total. The Morgan fingerprint density at radius 2 is 1.73 bits per heavy atom. The van der Waals surface area contributed by atoms with Crippen molar-refractivity contribution in [3.8, 4) is 5.69 Å². The number of halogens is 1. The molecule has 0 aliphatic carbocycles. The second kappa shape index (κ2) is 11.3. The lowest BCUT2D eigenvalue weighted by atomic mass is 9.92. The Morgan fingerprint density at radius 3 is 2.43 bits per heavy atom. The normalized spacial score (nSPS) is 11.6. The summed E-state index contributed by atoms with van der Waals surface area (Å²) in [6, 6.07) is 12.0. The van der Waals surface area contributed by atoms with E-state index in [4.69, 9.17) is 5.10 Å². The van der Waals surface area contributed by atoms with Crippen LogP contribution < -0.4 is 0 Å². The Hall–Kier alpha value is -3.52. The second-order valence-electron chi connectivity index (χ2n) is 10.3. The second-order valence-corrected chi connectivity index (χ2v) is 11.5. The molecule has 0 saturated carbocycles. The Labute approximate surface area is 220 Å². The lowest BCUT2D eigenvalue weighted by Gasteiger charge is -2.14. The largest absolute Gasteiger partial charge is 0.300 e. The van der Waals surface area contributed by atoms with Crippen LogP contribution in [0.5, 0.6) is 0 Å². The molecule has 0 bridgehead atoms. The van der Waals surface area contributed by atoms with Crippen molar-refractivity contribution in [1.82, 2.24) is 19.7 Å². The van der Waals surface area contributed by atoms with E-state index in [1.165, 1.54) is 12.1 Å². The van der Waals surface area contributed by atoms with Gasteiger partial charge in [0.2, 0.25) is 0 Å². The van der Waals surface area contributed by atoms with Crippen molar-refractivity contribution in [3.05, 3.63) is 93.2 Å². The predicted molar refractivity (Wildman–Crippen MR) is 143 cm³/mol. The molecule has 0 saturated heterocycles. The van der Waals surface area contributed by atoms with Crippen molar-refractivity contribution in [1.29, 1.82) is 0 Å². The number of carbonyl (C=O) groups excluding carboxylic acids is 2. The van der Waals surface area contributed by atoms with Gasteiger partial charge in [-0.2, -0.15) is 5.10 Å². The van der Waals surface area contributed by atoms with Gasteiger partial charge in [-0.25, -0.2) is 14.1 Å². The summed E-state index contributed by atoms with van der Waals surface area (Å²) in [5.41, 5.74) is 4.10. The number of rotatable bonds is 10. The van der Waals surface area contributed by atoms with E-state index in [1.807, 2.05) is 24.4 Å². The fourth-order valence-electron chi connectivity index (χ4n) is 4.00. The highest BCUT2D eigenvalue weighted by molar-refractivity contribution is 7.11. The Kier molecular flexibility index (Phi) is 8.07. The van der Waals surface area contributed by atoms with Crippen LogP contribution >= 0.6 is 11.3 Å². The maximum Gasteiger partial charge on any atom is 0.145 e. The molecule has 3 heterocycles. The number of ketones is 2. The third-order valence-electron chi connectivity index (χ3n) is 5.92. The molecule has 8 heteroatoms. The first-order chi connectivity index (χ1) is 17.6. The standard InChI is InChI=1S/C29H31FN4O2S/c1-19(35)13-22-14-20(11-12-31-22)5-10-26-18-32-28(37-26)17-25(36)15-24-16-27(29(2,3)4)33-34(24)23-8-6-21(30)7-9-23/h6-9,11-12,14,16,18H,5,10,13,15,17H2,1-4H3. The van der Waals surface area contributed by atoms with E-state index in [2.05, 4.69) is 30.7 Å². The summed E-state index contributed by atoms with van der Waals surface area (Å²) in [5.74, 6) is -0.172. The average Bonchev–Trinajstić information content (AvgIpc) is 3.45. The number of aromatic nitrogens is 4. The van der Waals surface area contributed by atoms with Gasteiger partial charge < -0.3 is 0 Å². The zero-order valence-corrected chi connectivity index (χ0v) is 22.4. The van der Waals surface area contributed by atoms with Crippen molar-refractivity contribution < 1.29 is 14.0 Å². The third kappa shape index (κ3) is 7.26. The van der Waals surface area contributed by atoms with Crippen LogP contribution in [0, 0.1) is 5.82 Å². The first-order valence-corrected chi connectivity index (χ1v) is 13.1. The molecule has 192 valence electrons. The zero-order chi connectivity index (χ0) is 26.6. The minimum absolute atomic E-state index is 0.0487. The van der Waals surface area contributed by atoms with E-state index in [0.29, 0.717) is 6.42 Å². The quantitative estimate of drug-likeness (QED) is 0.280. The fourth-order valence-corrected chi connectivity index (χ4v) is 4.95. The van der Waals surface area contributed by atoms with Gasteiger partial charge in [-0.15, -0.1) is 11.3 Å². The first kappa shape index (κ1) is 26.5. The smallest absolute Gasteiger partial charge is 0.145 e. The van der Waals surface area contributed by atoms with Crippen molar-refractivity contribution in [2.45, 2.75) is 65.2 Å². The van der Waals surface area contributed by atoms with Crippen LogP contribution in [0.1, 0.15) is 60.2 Å². The Balaban J connectivity index is 1.41. The molecule has 0 atom stereocenters. The van der Waals surface area contributed by atoms with E-state index < -0.39 is 0 Å². The van der Waals surface area contributed by atoms with Gasteiger partial charge in [0.15, 0.2) is 0 Å². The molecule has 1 aromatic carbocycles. The molecule has 0 spiro atoms. The van der Waals surface area contributed by atoms with E-state index in [1.54, 1.807) is 41.3 Å². The summed E-state index contributed by atoms with van der Waals surface area (Å²) in [5, 5.41) is 5.51. The van der Waals surface area contributed by atoms with Gasteiger partial charge in [-0.1, -0.05) is 20.8 Å². The highest BCUT2D eigenvalue weighted by atomic mass is 32.1. The molecule has 0 amide bonds. The number of nitrogens with zero attached hydrogens (tertiary/aromatic N) is 4. The van der Waals surface area contributed by atoms with Crippen molar-refractivity contribution in [3.63, 3.8) is 0 Å². The van der Waals surface area contributed by atoms with Gasteiger partial charge in [0.25, 0.3) is 0 Å². The molecule has 0 radical (unpaired) electrons. The van der Waals surface area contributed by atoms with Crippen LogP contribution in [0.15, 0.2) is 54.9 Å². The van der Waals surface area contributed by atoms with Crippen LogP contribution in [0.3, 0.4) is 0 Å². The lowest BCUT2D eigenvalue weighted by Crippen LogP contribution is -2.13. The van der Waals surface area contributed by atoms with Crippen molar-refractivity contribution in [2.24, 2.45) is 0 Å². The maximum absolute atomic E-state index is 13.5. The number of aryl methyl sites for hydroxylation is 2. The minimum Gasteiger partial charge on any atom is -0.300 e. The average molecular weight is 519 g/mol. The molecule has 4 aromatic rings. The summed E-state index contributed by atoms with van der Waals surface area (Å²) >= 11 is 1.55. The summed E-state index contributed by atoms with van der Waals surface area (Å²) in [4.78, 5) is 34.2. The topological polar surface area (TPSA) is 77.7 Å². The summed E-state index contributed by atoms with van der Waals surface area (Å²) in [6.07, 6.45) is 6.01. The number of pyridine rings is 1. The summed E-state index contributed by atoms with van der Waals surface area (Å²) in [7, 11) is 0. The van der Waals surface area contributed by atoms with Crippen LogP contribution in [-0.2, 0) is 47.1 Å². The number of Topliss-reactive ketones (excluding diaryl/α,β-unsaturated/α-hetero) is 2. The monoisotopic (exact) mass is 518 g/mol. The molecule has 0 aliphatic rings.